The summed E-state index contributed by atoms with van der Waals surface area (Å²) in [6.45, 7) is 4.56. The Kier molecular flexibility index (Phi) is 4.76. The molecule has 21 heavy (non-hydrogen) atoms. The summed E-state index contributed by atoms with van der Waals surface area (Å²) in [5, 5.41) is 0. The smallest absolute Gasteiger partial charge is 0.146 e. The predicted octanol–water partition coefficient (Wildman–Crippen LogP) is 2.39. The average Bonchev–Trinajstić information content (AvgIpc) is 3.02. The van der Waals surface area contributed by atoms with Gasteiger partial charge in [-0.1, -0.05) is 18.9 Å². The minimum atomic E-state index is -0.102. The summed E-state index contributed by atoms with van der Waals surface area (Å²) in [5.74, 6) is -0.102. The number of nitrogens with two attached hydrogens (primary N) is 1. The largest absolute Gasteiger partial charge is 0.367 e. The highest BCUT2D eigenvalue weighted by atomic mass is 19.1. The predicted molar refractivity (Wildman–Crippen MR) is 85.2 cm³/mol. The number of hydrogen-bond donors (Lipinski definition) is 1. The van der Waals surface area contributed by atoms with Gasteiger partial charge in [0.15, 0.2) is 0 Å². The fraction of sp³-hybridized carbons (Fsp3) is 0.647. The molecule has 116 valence electrons. The highest BCUT2D eigenvalue weighted by molar-refractivity contribution is 5.49. The lowest BCUT2D eigenvalue weighted by atomic mass is 10.1. The molecule has 2 aliphatic rings. The number of halogens is 1. The van der Waals surface area contributed by atoms with Crippen molar-refractivity contribution in [2.24, 2.45) is 5.73 Å². The van der Waals surface area contributed by atoms with Gasteiger partial charge in [0.05, 0.1) is 5.69 Å². The van der Waals surface area contributed by atoms with Crippen molar-refractivity contribution in [1.29, 1.82) is 0 Å². The van der Waals surface area contributed by atoms with Crippen LogP contribution in [0.15, 0.2) is 18.2 Å². The Hall–Kier alpha value is -1.13. The highest BCUT2D eigenvalue weighted by Crippen LogP contribution is 2.27. The van der Waals surface area contributed by atoms with Crippen LogP contribution in [0.3, 0.4) is 0 Å². The van der Waals surface area contributed by atoms with Crippen LogP contribution < -0.4 is 10.6 Å². The Balaban J connectivity index is 1.61. The normalized spacial score (nSPS) is 21.1. The first-order chi connectivity index (χ1) is 10.3. The van der Waals surface area contributed by atoms with Gasteiger partial charge >= 0.3 is 0 Å². The number of anilines is 1. The van der Waals surface area contributed by atoms with Crippen LogP contribution in [0.25, 0.3) is 0 Å². The SMILES string of the molecule is NCCc1ccc(N2CCN(C3CCCC3)CC2)c(F)c1. The molecule has 0 amide bonds. The third kappa shape index (κ3) is 3.38. The second-order valence-electron chi connectivity index (χ2n) is 6.29. The summed E-state index contributed by atoms with van der Waals surface area (Å²) in [4.78, 5) is 4.79. The van der Waals surface area contributed by atoms with Crippen LogP contribution in [-0.2, 0) is 6.42 Å². The summed E-state index contributed by atoms with van der Waals surface area (Å²) in [5.41, 5.74) is 7.27. The molecule has 0 aromatic heterocycles. The van der Waals surface area contributed by atoms with Gasteiger partial charge in [-0.25, -0.2) is 4.39 Å². The second-order valence-corrected chi connectivity index (χ2v) is 6.29. The molecule has 2 N–H and O–H groups in total. The van der Waals surface area contributed by atoms with Crippen molar-refractivity contribution in [2.75, 3.05) is 37.6 Å². The van der Waals surface area contributed by atoms with Crippen molar-refractivity contribution < 1.29 is 4.39 Å². The first kappa shape index (κ1) is 14.8. The van der Waals surface area contributed by atoms with Crippen molar-refractivity contribution in [3.05, 3.63) is 29.6 Å². The molecule has 0 atom stereocenters. The van der Waals surface area contributed by atoms with Gasteiger partial charge in [0.2, 0.25) is 0 Å². The van der Waals surface area contributed by atoms with Gasteiger partial charge in [-0.15, -0.1) is 0 Å². The van der Waals surface area contributed by atoms with E-state index in [-0.39, 0.29) is 5.82 Å². The molecular weight excluding hydrogens is 265 g/mol. The van der Waals surface area contributed by atoms with Gasteiger partial charge in [-0.2, -0.15) is 0 Å². The Labute approximate surface area is 126 Å². The van der Waals surface area contributed by atoms with Crippen LogP contribution >= 0.6 is 0 Å². The lowest BCUT2D eigenvalue weighted by molar-refractivity contribution is 0.187. The van der Waals surface area contributed by atoms with Crippen molar-refractivity contribution in [3.8, 4) is 0 Å². The van der Waals surface area contributed by atoms with E-state index in [1.807, 2.05) is 12.1 Å². The van der Waals surface area contributed by atoms with Crippen molar-refractivity contribution in [3.63, 3.8) is 0 Å². The molecule has 0 radical (unpaired) electrons. The Morgan fingerprint density at radius 2 is 1.81 bits per heavy atom. The van der Waals surface area contributed by atoms with Gasteiger partial charge in [0, 0.05) is 32.2 Å². The third-order valence-corrected chi connectivity index (χ3v) is 4.94. The minimum absolute atomic E-state index is 0.102. The quantitative estimate of drug-likeness (QED) is 0.924. The van der Waals surface area contributed by atoms with E-state index in [0.29, 0.717) is 6.54 Å². The van der Waals surface area contributed by atoms with Gasteiger partial charge in [0.1, 0.15) is 5.82 Å². The summed E-state index contributed by atoms with van der Waals surface area (Å²) < 4.78 is 14.3. The zero-order valence-corrected chi connectivity index (χ0v) is 12.7. The molecule has 1 saturated carbocycles. The zero-order chi connectivity index (χ0) is 14.7. The maximum Gasteiger partial charge on any atom is 0.146 e. The summed E-state index contributed by atoms with van der Waals surface area (Å²) in [7, 11) is 0. The van der Waals surface area contributed by atoms with E-state index >= 15 is 0 Å². The van der Waals surface area contributed by atoms with E-state index < -0.39 is 0 Å². The summed E-state index contributed by atoms with van der Waals surface area (Å²) >= 11 is 0. The van der Waals surface area contributed by atoms with Gasteiger partial charge in [-0.3, -0.25) is 4.90 Å². The maximum atomic E-state index is 14.3. The number of piperazine rings is 1. The fourth-order valence-corrected chi connectivity index (χ4v) is 3.73. The number of hydrogen-bond acceptors (Lipinski definition) is 3. The lowest BCUT2D eigenvalue weighted by Crippen LogP contribution is -2.50. The Bertz CT molecular complexity index is 463. The fourth-order valence-electron chi connectivity index (χ4n) is 3.73. The van der Waals surface area contributed by atoms with E-state index in [9.17, 15) is 4.39 Å². The molecule has 0 unspecified atom stereocenters. The van der Waals surface area contributed by atoms with E-state index in [2.05, 4.69) is 9.80 Å². The molecule has 1 aromatic carbocycles. The molecule has 4 heteroatoms. The molecule has 1 aromatic rings. The van der Waals surface area contributed by atoms with Gasteiger partial charge < -0.3 is 10.6 Å². The van der Waals surface area contributed by atoms with Crippen LogP contribution in [0, 0.1) is 5.82 Å². The first-order valence-corrected chi connectivity index (χ1v) is 8.25. The summed E-state index contributed by atoms with van der Waals surface area (Å²) in [6, 6.07) is 6.36. The number of benzene rings is 1. The van der Waals surface area contributed by atoms with E-state index in [1.54, 1.807) is 6.07 Å². The van der Waals surface area contributed by atoms with Crippen LogP contribution in [0.5, 0.6) is 0 Å². The maximum absolute atomic E-state index is 14.3. The topological polar surface area (TPSA) is 32.5 Å². The van der Waals surface area contributed by atoms with E-state index in [0.717, 1.165) is 49.9 Å². The Morgan fingerprint density at radius 3 is 2.43 bits per heavy atom. The zero-order valence-electron chi connectivity index (χ0n) is 12.7. The molecular formula is C17H26FN3. The molecule has 1 heterocycles. The number of nitrogens with zero attached hydrogens (tertiary/aromatic N) is 2. The van der Waals surface area contributed by atoms with Crippen molar-refractivity contribution >= 4 is 5.69 Å². The molecule has 1 saturated heterocycles. The molecule has 0 spiro atoms. The Morgan fingerprint density at radius 1 is 1.10 bits per heavy atom. The molecule has 1 aliphatic carbocycles. The average molecular weight is 291 g/mol. The van der Waals surface area contributed by atoms with Gasteiger partial charge in [0.25, 0.3) is 0 Å². The van der Waals surface area contributed by atoms with Crippen LogP contribution in [-0.4, -0.2) is 43.7 Å². The van der Waals surface area contributed by atoms with Crippen molar-refractivity contribution in [2.45, 2.75) is 38.1 Å². The lowest BCUT2D eigenvalue weighted by Gasteiger charge is -2.39. The number of rotatable bonds is 4. The second kappa shape index (κ2) is 6.75. The van der Waals surface area contributed by atoms with E-state index in [1.165, 1.54) is 25.7 Å². The minimum Gasteiger partial charge on any atom is -0.367 e. The molecule has 3 nitrogen and oxygen atoms in total. The summed E-state index contributed by atoms with van der Waals surface area (Å²) in [6.07, 6.45) is 6.20. The van der Waals surface area contributed by atoms with Crippen molar-refractivity contribution in [1.82, 2.24) is 4.90 Å². The van der Waals surface area contributed by atoms with Crippen LogP contribution in [0.4, 0.5) is 10.1 Å². The van der Waals surface area contributed by atoms with Crippen LogP contribution in [0.1, 0.15) is 31.2 Å². The molecule has 3 rings (SSSR count). The highest BCUT2D eigenvalue weighted by Gasteiger charge is 2.26. The monoisotopic (exact) mass is 291 g/mol. The third-order valence-electron chi connectivity index (χ3n) is 4.94. The van der Waals surface area contributed by atoms with E-state index in [4.69, 9.17) is 5.73 Å². The molecule has 0 bridgehead atoms. The standard InChI is InChI=1S/C17H26FN3/c18-16-13-14(7-8-19)5-6-17(16)21-11-9-20(10-12-21)15-3-1-2-4-15/h5-6,13,15H,1-4,7-12,19H2. The van der Waals surface area contributed by atoms with Crippen LogP contribution in [0.2, 0.25) is 0 Å². The first-order valence-electron chi connectivity index (χ1n) is 8.25. The van der Waals surface area contributed by atoms with Gasteiger partial charge in [-0.05, 0) is 43.5 Å². The molecule has 2 fully saturated rings. The molecule has 1 aliphatic heterocycles.